The van der Waals surface area contributed by atoms with E-state index >= 15 is 0 Å². The van der Waals surface area contributed by atoms with Crippen LogP contribution in [0.1, 0.15) is 47.1 Å². The first-order chi connectivity index (χ1) is 13.6. The standard InChI is InChI=1S/C22H27N3O3/c1-15(26)21-12-20(24-28-21)10-19-13-23-8-6-17(19)11-22(27)25-9-7-16-4-2-3-5-18(16)14-25/h2-5,12,17,19,23H,6-11,13-14H2,1H3. The minimum absolute atomic E-state index is 0.113. The van der Waals surface area contributed by atoms with Gasteiger partial charge in [-0.2, -0.15) is 0 Å². The number of hydrogen-bond donors (Lipinski definition) is 1. The van der Waals surface area contributed by atoms with Crippen LogP contribution >= 0.6 is 0 Å². The first-order valence-corrected chi connectivity index (χ1v) is 10.1. The van der Waals surface area contributed by atoms with Crippen molar-refractivity contribution in [2.45, 2.75) is 39.2 Å². The molecule has 2 aliphatic rings. The molecule has 1 amide bonds. The van der Waals surface area contributed by atoms with Crippen molar-refractivity contribution in [3.05, 3.63) is 52.9 Å². The highest BCUT2D eigenvalue weighted by molar-refractivity contribution is 5.91. The van der Waals surface area contributed by atoms with Crippen LogP contribution < -0.4 is 5.32 Å². The maximum absolute atomic E-state index is 13.0. The third-order valence-electron chi connectivity index (χ3n) is 6.06. The van der Waals surface area contributed by atoms with E-state index in [1.54, 1.807) is 6.07 Å². The predicted octanol–water partition coefficient (Wildman–Crippen LogP) is 2.62. The molecule has 2 aliphatic heterocycles. The third kappa shape index (κ3) is 4.17. The number of rotatable bonds is 5. The monoisotopic (exact) mass is 381 g/mol. The predicted molar refractivity (Wildman–Crippen MR) is 105 cm³/mol. The molecule has 2 aromatic rings. The molecular formula is C22H27N3O3. The van der Waals surface area contributed by atoms with Gasteiger partial charge in [-0.15, -0.1) is 0 Å². The lowest BCUT2D eigenvalue weighted by Crippen LogP contribution is -2.42. The fourth-order valence-corrected chi connectivity index (χ4v) is 4.39. The van der Waals surface area contributed by atoms with Crippen LogP contribution in [0.3, 0.4) is 0 Å². The van der Waals surface area contributed by atoms with Crippen molar-refractivity contribution in [1.82, 2.24) is 15.4 Å². The molecular weight excluding hydrogens is 354 g/mol. The molecule has 1 fully saturated rings. The Morgan fingerprint density at radius 2 is 2.07 bits per heavy atom. The summed E-state index contributed by atoms with van der Waals surface area (Å²) in [5.41, 5.74) is 3.42. The molecule has 4 rings (SSSR count). The van der Waals surface area contributed by atoms with Gasteiger partial charge in [0.15, 0.2) is 5.78 Å². The second-order valence-corrected chi connectivity index (χ2v) is 7.99. The lowest BCUT2D eigenvalue weighted by Gasteiger charge is -2.34. The number of carbonyl (C=O) groups excluding carboxylic acids is 2. The Labute approximate surface area is 165 Å². The van der Waals surface area contributed by atoms with Gasteiger partial charge in [0, 0.05) is 32.5 Å². The first kappa shape index (κ1) is 18.9. The molecule has 0 aliphatic carbocycles. The molecule has 1 aromatic heterocycles. The SMILES string of the molecule is CC(=O)c1cc(CC2CNCCC2CC(=O)N2CCc3ccccc3C2)no1. The van der Waals surface area contributed by atoms with E-state index in [0.717, 1.165) is 51.1 Å². The van der Waals surface area contributed by atoms with E-state index in [0.29, 0.717) is 24.0 Å². The molecule has 1 aromatic carbocycles. The minimum Gasteiger partial charge on any atom is -0.353 e. The number of piperidine rings is 1. The fourth-order valence-electron chi connectivity index (χ4n) is 4.39. The van der Waals surface area contributed by atoms with Crippen LogP contribution in [0.25, 0.3) is 0 Å². The summed E-state index contributed by atoms with van der Waals surface area (Å²) in [5, 5.41) is 7.47. The molecule has 3 heterocycles. The van der Waals surface area contributed by atoms with Gasteiger partial charge in [-0.1, -0.05) is 29.4 Å². The average Bonchev–Trinajstić information content (AvgIpc) is 3.18. The Morgan fingerprint density at radius 3 is 2.86 bits per heavy atom. The van der Waals surface area contributed by atoms with E-state index in [1.165, 1.54) is 18.1 Å². The van der Waals surface area contributed by atoms with Crippen LogP contribution in [0.5, 0.6) is 0 Å². The molecule has 148 valence electrons. The van der Waals surface area contributed by atoms with Crippen molar-refractivity contribution < 1.29 is 14.1 Å². The normalized spacial score (nSPS) is 22.0. The van der Waals surface area contributed by atoms with Crippen LogP contribution in [0.4, 0.5) is 0 Å². The highest BCUT2D eigenvalue weighted by atomic mass is 16.5. The van der Waals surface area contributed by atoms with Crippen LogP contribution in [-0.2, 0) is 24.2 Å². The first-order valence-electron chi connectivity index (χ1n) is 10.1. The smallest absolute Gasteiger partial charge is 0.223 e. The van der Waals surface area contributed by atoms with Crippen molar-refractivity contribution >= 4 is 11.7 Å². The van der Waals surface area contributed by atoms with E-state index in [9.17, 15) is 9.59 Å². The van der Waals surface area contributed by atoms with Crippen molar-refractivity contribution in [2.75, 3.05) is 19.6 Å². The number of fused-ring (bicyclic) bond motifs is 1. The molecule has 2 atom stereocenters. The molecule has 2 unspecified atom stereocenters. The van der Waals surface area contributed by atoms with Crippen molar-refractivity contribution in [3.8, 4) is 0 Å². The van der Waals surface area contributed by atoms with E-state index in [2.05, 4.69) is 28.7 Å². The number of Topliss-reactive ketones (excluding diaryl/α,β-unsaturated/α-hetero) is 1. The Bertz CT molecular complexity index is 860. The largest absolute Gasteiger partial charge is 0.353 e. The van der Waals surface area contributed by atoms with Gasteiger partial charge >= 0.3 is 0 Å². The number of carbonyl (C=O) groups is 2. The maximum Gasteiger partial charge on any atom is 0.223 e. The van der Waals surface area contributed by atoms with Gasteiger partial charge in [-0.05, 0) is 55.3 Å². The van der Waals surface area contributed by atoms with E-state index in [-0.39, 0.29) is 11.7 Å². The second-order valence-electron chi connectivity index (χ2n) is 7.99. The number of amides is 1. The topological polar surface area (TPSA) is 75.4 Å². The lowest BCUT2D eigenvalue weighted by molar-refractivity contribution is -0.133. The highest BCUT2D eigenvalue weighted by Crippen LogP contribution is 2.28. The van der Waals surface area contributed by atoms with Gasteiger partial charge in [0.05, 0.1) is 5.69 Å². The summed E-state index contributed by atoms with van der Waals surface area (Å²) in [4.78, 5) is 26.4. The number of aromatic nitrogens is 1. The average molecular weight is 381 g/mol. The van der Waals surface area contributed by atoms with Crippen molar-refractivity contribution in [1.29, 1.82) is 0 Å². The van der Waals surface area contributed by atoms with Crippen molar-refractivity contribution in [3.63, 3.8) is 0 Å². The number of nitrogens with zero attached hydrogens (tertiary/aromatic N) is 2. The number of benzene rings is 1. The number of ketones is 1. The molecule has 0 saturated carbocycles. The molecule has 1 N–H and O–H groups in total. The number of hydrogen-bond acceptors (Lipinski definition) is 5. The van der Waals surface area contributed by atoms with Gasteiger partial charge in [-0.3, -0.25) is 9.59 Å². The molecule has 6 heteroatoms. The van der Waals surface area contributed by atoms with Crippen LogP contribution in [0.15, 0.2) is 34.9 Å². The molecule has 6 nitrogen and oxygen atoms in total. The third-order valence-corrected chi connectivity index (χ3v) is 6.06. The quantitative estimate of drug-likeness (QED) is 0.806. The van der Waals surface area contributed by atoms with Crippen LogP contribution in [0, 0.1) is 11.8 Å². The summed E-state index contributed by atoms with van der Waals surface area (Å²) in [6, 6.07) is 10.1. The van der Waals surface area contributed by atoms with Gasteiger partial charge < -0.3 is 14.7 Å². The van der Waals surface area contributed by atoms with Crippen molar-refractivity contribution in [2.24, 2.45) is 11.8 Å². The van der Waals surface area contributed by atoms with Gasteiger partial charge in [0.1, 0.15) is 0 Å². The summed E-state index contributed by atoms with van der Waals surface area (Å²) >= 11 is 0. The molecule has 1 saturated heterocycles. The minimum atomic E-state index is -0.113. The Hall–Kier alpha value is -2.47. The van der Waals surface area contributed by atoms with E-state index in [4.69, 9.17) is 4.52 Å². The zero-order chi connectivity index (χ0) is 19.5. The molecule has 28 heavy (non-hydrogen) atoms. The zero-order valence-electron chi connectivity index (χ0n) is 16.3. The molecule has 0 radical (unpaired) electrons. The molecule has 0 spiro atoms. The summed E-state index contributed by atoms with van der Waals surface area (Å²) in [6.45, 7) is 4.80. The van der Waals surface area contributed by atoms with Gasteiger partial charge in [-0.25, -0.2) is 0 Å². The maximum atomic E-state index is 13.0. The lowest BCUT2D eigenvalue weighted by atomic mass is 9.80. The second kappa shape index (κ2) is 8.27. The van der Waals surface area contributed by atoms with Gasteiger partial charge in [0.2, 0.25) is 11.7 Å². The Balaban J connectivity index is 1.39. The fraction of sp³-hybridized carbons (Fsp3) is 0.500. The summed E-state index contributed by atoms with van der Waals surface area (Å²) in [7, 11) is 0. The van der Waals surface area contributed by atoms with Crippen LogP contribution in [0.2, 0.25) is 0 Å². The highest BCUT2D eigenvalue weighted by Gasteiger charge is 2.30. The zero-order valence-corrected chi connectivity index (χ0v) is 16.3. The van der Waals surface area contributed by atoms with E-state index < -0.39 is 0 Å². The Morgan fingerprint density at radius 1 is 1.25 bits per heavy atom. The van der Waals surface area contributed by atoms with Crippen LogP contribution in [-0.4, -0.2) is 41.4 Å². The summed E-state index contributed by atoms with van der Waals surface area (Å²) in [6.07, 6.45) is 3.22. The summed E-state index contributed by atoms with van der Waals surface area (Å²) in [5.74, 6) is 1.08. The van der Waals surface area contributed by atoms with Gasteiger partial charge in [0.25, 0.3) is 0 Å². The number of nitrogens with one attached hydrogen (secondary N) is 1. The van der Waals surface area contributed by atoms with E-state index in [1.807, 2.05) is 11.0 Å². The Kier molecular flexibility index (Phi) is 5.57. The summed E-state index contributed by atoms with van der Waals surface area (Å²) < 4.78 is 5.12. The molecule has 0 bridgehead atoms.